The highest BCUT2D eigenvalue weighted by molar-refractivity contribution is 6.35. The quantitative estimate of drug-likeness (QED) is 0.648. The Bertz CT molecular complexity index is 754. The Morgan fingerprint density at radius 1 is 1.31 bits per heavy atom. The highest BCUT2D eigenvalue weighted by atomic mass is 35.5. The van der Waals surface area contributed by atoms with Crippen molar-refractivity contribution in [1.82, 2.24) is 14.9 Å². The molecule has 0 radical (unpaired) electrons. The molecular weight excluding hydrogens is 375 g/mol. The molecule has 4 N–H and O–H groups in total. The second-order valence-corrected chi connectivity index (χ2v) is 7.03. The monoisotopic (exact) mass is 394 g/mol. The first-order valence-electron chi connectivity index (χ1n) is 8.30. The number of nitrogens with two attached hydrogens (primary N) is 1. The molecule has 26 heavy (non-hydrogen) atoms. The van der Waals surface area contributed by atoms with E-state index in [2.05, 4.69) is 25.5 Å². The zero-order valence-electron chi connectivity index (χ0n) is 14.0. The zero-order valence-corrected chi connectivity index (χ0v) is 15.5. The topological polar surface area (TPSA) is 96.2 Å². The fourth-order valence-corrected chi connectivity index (χ4v) is 3.59. The van der Waals surface area contributed by atoms with Crippen LogP contribution in [0.25, 0.3) is 0 Å². The SMILES string of the molecule is Nc1nccc(N[C@H]2CCCN(C(C=O)Nc3cc(Cl)cc(Cl)c3)C2)n1. The van der Waals surface area contributed by atoms with Crippen LogP contribution in [0, 0.1) is 0 Å². The molecule has 2 atom stereocenters. The van der Waals surface area contributed by atoms with Crippen LogP contribution in [-0.2, 0) is 4.79 Å². The van der Waals surface area contributed by atoms with Gasteiger partial charge >= 0.3 is 0 Å². The number of likely N-dealkylation sites (tertiary alicyclic amines) is 1. The van der Waals surface area contributed by atoms with E-state index >= 15 is 0 Å². The molecule has 1 aliphatic rings. The van der Waals surface area contributed by atoms with E-state index in [4.69, 9.17) is 28.9 Å². The molecule has 0 saturated carbocycles. The Balaban J connectivity index is 1.65. The Kier molecular flexibility index (Phi) is 6.13. The number of hydrogen-bond acceptors (Lipinski definition) is 7. The van der Waals surface area contributed by atoms with Crippen molar-refractivity contribution in [3.63, 3.8) is 0 Å². The van der Waals surface area contributed by atoms with Gasteiger partial charge in [0.25, 0.3) is 0 Å². The summed E-state index contributed by atoms with van der Waals surface area (Å²) in [5.41, 5.74) is 6.33. The normalized spacial score (nSPS) is 18.9. The number of carbonyl (C=O) groups is 1. The number of halogens is 2. The van der Waals surface area contributed by atoms with Gasteiger partial charge in [-0.05, 0) is 37.1 Å². The fraction of sp³-hybridized carbons (Fsp3) is 0.353. The molecule has 1 aromatic carbocycles. The number of aromatic nitrogens is 2. The van der Waals surface area contributed by atoms with Crippen molar-refractivity contribution in [1.29, 1.82) is 0 Å². The summed E-state index contributed by atoms with van der Waals surface area (Å²) < 4.78 is 0. The van der Waals surface area contributed by atoms with E-state index < -0.39 is 6.17 Å². The smallest absolute Gasteiger partial charge is 0.221 e. The predicted octanol–water partition coefficient (Wildman–Crippen LogP) is 2.88. The molecule has 1 saturated heterocycles. The van der Waals surface area contributed by atoms with Crippen LogP contribution in [0.1, 0.15) is 12.8 Å². The minimum absolute atomic E-state index is 0.158. The predicted molar refractivity (Wildman–Crippen MR) is 105 cm³/mol. The van der Waals surface area contributed by atoms with Crippen molar-refractivity contribution in [3.05, 3.63) is 40.5 Å². The third kappa shape index (κ3) is 4.97. The summed E-state index contributed by atoms with van der Waals surface area (Å²) in [7, 11) is 0. The minimum atomic E-state index is -0.468. The van der Waals surface area contributed by atoms with Crippen LogP contribution in [0.4, 0.5) is 17.5 Å². The summed E-state index contributed by atoms with van der Waals surface area (Å²) in [5, 5.41) is 7.58. The summed E-state index contributed by atoms with van der Waals surface area (Å²) in [6.45, 7) is 1.50. The summed E-state index contributed by atoms with van der Waals surface area (Å²) in [4.78, 5) is 21.8. The Morgan fingerprint density at radius 2 is 2.08 bits per heavy atom. The largest absolute Gasteiger partial charge is 0.368 e. The van der Waals surface area contributed by atoms with Gasteiger partial charge in [0, 0.05) is 41.1 Å². The van der Waals surface area contributed by atoms with Crippen molar-refractivity contribution in [2.24, 2.45) is 0 Å². The Morgan fingerprint density at radius 3 is 2.77 bits per heavy atom. The van der Waals surface area contributed by atoms with Crippen molar-refractivity contribution >= 4 is 46.9 Å². The molecule has 1 aliphatic heterocycles. The molecule has 1 fully saturated rings. The highest BCUT2D eigenvalue weighted by Gasteiger charge is 2.26. The number of carbonyl (C=O) groups excluding carboxylic acids is 1. The van der Waals surface area contributed by atoms with Gasteiger partial charge in [-0.2, -0.15) is 4.98 Å². The number of nitrogens with zero attached hydrogens (tertiary/aromatic N) is 3. The van der Waals surface area contributed by atoms with Crippen molar-refractivity contribution in [2.45, 2.75) is 25.0 Å². The van der Waals surface area contributed by atoms with Gasteiger partial charge in [-0.15, -0.1) is 0 Å². The van der Waals surface area contributed by atoms with Crippen molar-refractivity contribution in [2.75, 3.05) is 29.5 Å². The van der Waals surface area contributed by atoms with Crippen LogP contribution in [0.5, 0.6) is 0 Å². The lowest BCUT2D eigenvalue weighted by atomic mass is 10.1. The van der Waals surface area contributed by atoms with Gasteiger partial charge in [-0.3, -0.25) is 9.69 Å². The van der Waals surface area contributed by atoms with E-state index in [1.807, 2.05) is 0 Å². The first-order valence-corrected chi connectivity index (χ1v) is 9.06. The third-order valence-corrected chi connectivity index (χ3v) is 4.61. The molecular formula is C17H20Cl2N6O. The molecule has 1 aromatic heterocycles. The number of aldehydes is 1. The molecule has 1 unspecified atom stereocenters. The Hall–Kier alpha value is -2.09. The van der Waals surface area contributed by atoms with E-state index in [-0.39, 0.29) is 12.0 Å². The van der Waals surface area contributed by atoms with Crippen molar-refractivity contribution in [3.8, 4) is 0 Å². The minimum Gasteiger partial charge on any atom is -0.368 e. The number of benzene rings is 1. The summed E-state index contributed by atoms with van der Waals surface area (Å²) in [6, 6.07) is 7.07. The average Bonchev–Trinajstić information content (AvgIpc) is 2.59. The van der Waals surface area contributed by atoms with Crippen LogP contribution in [0.2, 0.25) is 10.0 Å². The van der Waals surface area contributed by atoms with E-state index in [0.717, 1.165) is 25.7 Å². The van der Waals surface area contributed by atoms with Gasteiger partial charge < -0.3 is 16.4 Å². The number of rotatable bonds is 6. The lowest BCUT2D eigenvalue weighted by Gasteiger charge is -2.37. The van der Waals surface area contributed by atoms with E-state index in [1.54, 1.807) is 30.5 Å². The third-order valence-electron chi connectivity index (χ3n) is 4.18. The first-order chi connectivity index (χ1) is 12.5. The maximum Gasteiger partial charge on any atom is 0.221 e. The molecule has 0 bridgehead atoms. The average molecular weight is 395 g/mol. The molecule has 9 heteroatoms. The van der Waals surface area contributed by atoms with Crippen LogP contribution in [0.15, 0.2) is 30.5 Å². The molecule has 0 aliphatic carbocycles. The van der Waals surface area contributed by atoms with Crippen LogP contribution in [0.3, 0.4) is 0 Å². The number of hydrogen-bond donors (Lipinski definition) is 3. The van der Waals surface area contributed by atoms with Gasteiger partial charge in [-0.1, -0.05) is 23.2 Å². The lowest BCUT2D eigenvalue weighted by molar-refractivity contribution is -0.111. The molecule has 0 amide bonds. The van der Waals surface area contributed by atoms with Gasteiger partial charge in [0.15, 0.2) is 6.29 Å². The first kappa shape index (κ1) is 18.7. The van der Waals surface area contributed by atoms with Crippen molar-refractivity contribution < 1.29 is 4.79 Å². The zero-order chi connectivity index (χ0) is 18.5. The van der Waals surface area contributed by atoms with Gasteiger partial charge in [0.1, 0.15) is 12.0 Å². The molecule has 2 aromatic rings. The van der Waals surface area contributed by atoms with Gasteiger partial charge in [-0.25, -0.2) is 4.98 Å². The van der Waals surface area contributed by atoms with E-state index in [1.165, 1.54) is 0 Å². The Labute approximate surface area is 161 Å². The second-order valence-electron chi connectivity index (χ2n) is 6.16. The summed E-state index contributed by atoms with van der Waals surface area (Å²) >= 11 is 12.1. The van der Waals surface area contributed by atoms with Crippen LogP contribution >= 0.6 is 23.2 Å². The summed E-state index contributed by atoms with van der Waals surface area (Å²) in [6.07, 6.45) is 3.98. The van der Waals surface area contributed by atoms with E-state index in [9.17, 15) is 4.79 Å². The highest BCUT2D eigenvalue weighted by Crippen LogP contribution is 2.24. The van der Waals surface area contributed by atoms with Crippen LogP contribution < -0.4 is 16.4 Å². The van der Waals surface area contributed by atoms with E-state index in [0.29, 0.717) is 28.1 Å². The summed E-state index contributed by atoms with van der Waals surface area (Å²) in [5.74, 6) is 0.912. The number of anilines is 3. The fourth-order valence-electron chi connectivity index (χ4n) is 3.06. The second kappa shape index (κ2) is 8.53. The standard InChI is InChI=1S/C17H20Cl2N6O/c18-11-6-12(19)8-14(7-11)23-16(10-26)25-5-1-2-13(9-25)22-15-3-4-21-17(20)24-15/h3-4,6-8,10,13,16,23H,1-2,5,9H2,(H3,20,21,22,24)/t13-,16?/m0/s1. The number of nitrogens with one attached hydrogen (secondary N) is 2. The van der Waals surface area contributed by atoms with Gasteiger partial charge in [0.05, 0.1) is 0 Å². The maximum atomic E-state index is 11.7. The molecule has 7 nitrogen and oxygen atoms in total. The molecule has 2 heterocycles. The lowest BCUT2D eigenvalue weighted by Crippen LogP contribution is -2.50. The molecule has 3 rings (SSSR count). The molecule has 138 valence electrons. The van der Waals surface area contributed by atoms with Crippen LogP contribution in [-0.4, -0.2) is 46.5 Å². The number of nitrogen functional groups attached to an aromatic ring is 1. The maximum absolute atomic E-state index is 11.7. The van der Waals surface area contributed by atoms with Gasteiger partial charge in [0.2, 0.25) is 5.95 Å². The molecule has 0 spiro atoms. The number of piperidine rings is 1.